The van der Waals surface area contributed by atoms with E-state index in [4.69, 9.17) is 9.47 Å². The monoisotopic (exact) mass is 473 g/mol. The molecule has 4 aromatic rings. The highest BCUT2D eigenvalue weighted by atomic mass is 19.4. The molecule has 0 saturated carbocycles. The van der Waals surface area contributed by atoms with Gasteiger partial charge in [0.2, 0.25) is 0 Å². The van der Waals surface area contributed by atoms with Crippen molar-refractivity contribution in [1.82, 2.24) is 24.4 Å². The van der Waals surface area contributed by atoms with Crippen LogP contribution in [0.1, 0.15) is 16.2 Å². The topological polar surface area (TPSA) is 83.2 Å². The van der Waals surface area contributed by atoms with Gasteiger partial charge in [-0.15, -0.1) is 0 Å². The Labute approximate surface area is 192 Å². The summed E-state index contributed by atoms with van der Waals surface area (Å²) in [5.41, 5.74) is 3.84. The predicted molar refractivity (Wildman–Crippen MR) is 120 cm³/mol. The number of hydrogen-bond donors (Lipinski definition) is 1. The van der Waals surface area contributed by atoms with Crippen LogP contribution in [-0.4, -0.2) is 51.9 Å². The van der Waals surface area contributed by atoms with Crippen LogP contribution in [0.15, 0.2) is 42.9 Å². The maximum atomic E-state index is 12.6. The van der Waals surface area contributed by atoms with Crippen molar-refractivity contribution >= 4 is 16.9 Å². The van der Waals surface area contributed by atoms with Crippen molar-refractivity contribution < 1.29 is 27.4 Å². The van der Waals surface area contributed by atoms with Crippen LogP contribution in [-0.2, 0) is 7.05 Å². The molecule has 2 aromatic heterocycles. The molecular weight excluding hydrogens is 451 g/mol. The number of amides is 1. The molecule has 0 atom stereocenters. The van der Waals surface area contributed by atoms with Crippen molar-refractivity contribution in [2.24, 2.45) is 7.05 Å². The average Bonchev–Trinajstić information content (AvgIpc) is 3.38. The van der Waals surface area contributed by atoms with Gasteiger partial charge in [-0.25, -0.2) is 9.97 Å². The van der Waals surface area contributed by atoms with Gasteiger partial charge in [-0.2, -0.15) is 13.2 Å². The van der Waals surface area contributed by atoms with E-state index < -0.39 is 18.6 Å². The third-order valence-corrected chi connectivity index (χ3v) is 5.51. The summed E-state index contributed by atoms with van der Waals surface area (Å²) in [6.07, 6.45) is -1.13. The second kappa shape index (κ2) is 8.73. The fourth-order valence-electron chi connectivity index (χ4n) is 3.68. The minimum absolute atomic E-state index is 0.0675. The molecule has 0 spiro atoms. The lowest BCUT2D eigenvalue weighted by Gasteiger charge is -2.16. The van der Waals surface area contributed by atoms with E-state index in [2.05, 4.69) is 9.97 Å². The van der Waals surface area contributed by atoms with Crippen molar-refractivity contribution in [1.29, 1.82) is 0 Å². The van der Waals surface area contributed by atoms with Crippen LogP contribution < -0.4 is 14.8 Å². The smallest absolute Gasteiger partial charge is 0.405 e. The Kier molecular flexibility index (Phi) is 5.94. The first-order valence-corrected chi connectivity index (χ1v) is 10.2. The van der Waals surface area contributed by atoms with Gasteiger partial charge in [0.15, 0.2) is 0 Å². The predicted octanol–water partition coefficient (Wildman–Crippen LogP) is 4.04. The lowest BCUT2D eigenvalue weighted by atomic mass is 10.1. The van der Waals surface area contributed by atoms with Crippen LogP contribution in [0.3, 0.4) is 0 Å². The maximum absolute atomic E-state index is 12.6. The van der Waals surface area contributed by atoms with Gasteiger partial charge in [-0.1, -0.05) is 6.07 Å². The number of nitrogens with zero attached hydrogens (tertiary/aromatic N) is 4. The van der Waals surface area contributed by atoms with Gasteiger partial charge < -0.3 is 19.4 Å². The van der Waals surface area contributed by atoms with Crippen LogP contribution in [0.4, 0.5) is 13.2 Å². The van der Waals surface area contributed by atoms with E-state index in [1.165, 1.54) is 14.2 Å². The number of nitrogens with one attached hydrogen (secondary N) is 1. The number of ether oxygens (including phenoxy) is 2. The summed E-state index contributed by atoms with van der Waals surface area (Å²) in [6, 6.07) is 8.89. The number of imidazole rings is 2. The fourth-order valence-corrected chi connectivity index (χ4v) is 3.68. The Balaban J connectivity index is 1.75. The Morgan fingerprint density at radius 2 is 1.76 bits per heavy atom. The molecule has 34 heavy (non-hydrogen) atoms. The first kappa shape index (κ1) is 23.1. The standard InChI is InChI=1S/C23H22F3N5O3/c1-13-27-10-18(30(13)2)14-5-6-17-16(7-14)29-12-31(17)15-8-19(33-3)21(20(9-15)34-4)22(32)28-11-23(24,25)26/h5-10,12H,11H2,1-4H3,(H,28,32). The lowest BCUT2D eigenvalue weighted by Crippen LogP contribution is -2.34. The molecule has 4 rings (SSSR count). The fraction of sp³-hybridized carbons (Fsp3) is 0.261. The largest absolute Gasteiger partial charge is 0.496 e. The van der Waals surface area contributed by atoms with Gasteiger partial charge >= 0.3 is 6.18 Å². The minimum Gasteiger partial charge on any atom is -0.496 e. The van der Waals surface area contributed by atoms with E-state index in [-0.39, 0.29) is 17.1 Å². The number of rotatable bonds is 6. The van der Waals surface area contributed by atoms with Crippen LogP contribution in [0.5, 0.6) is 11.5 Å². The number of benzene rings is 2. The van der Waals surface area contributed by atoms with Crippen LogP contribution in [0.2, 0.25) is 0 Å². The van der Waals surface area contributed by atoms with Crippen LogP contribution in [0, 0.1) is 6.92 Å². The highest BCUT2D eigenvalue weighted by Crippen LogP contribution is 2.34. The maximum Gasteiger partial charge on any atom is 0.405 e. The van der Waals surface area contributed by atoms with E-state index in [9.17, 15) is 18.0 Å². The molecule has 1 amide bonds. The number of halogens is 3. The van der Waals surface area contributed by atoms with E-state index in [0.29, 0.717) is 5.69 Å². The second-order valence-electron chi connectivity index (χ2n) is 7.59. The van der Waals surface area contributed by atoms with Crippen molar-refractivity contribution in [3.63, 3.8) is 0 Å². The van der Waals surface area contributed by atoms with Crippen molar-refractivity contribution in [2.75, 3.05) is 20.8 Å². The summed E-state index contributed by atoms with van der Waals surface area (Å²) in [5.74, 6) is 0.0686. The minimum atomic E-state index is -4.54. The molecule has 178 valence electrons. The third-order valence-electron chi connectivity index (χ3n) is 5.51. The molecule has 0 aliphatic rings. The molecule has 0 fully saturated rings. The van der Waals surface area contributed by atoms with E-state index in [1.54, 1.807) is 29.2 Å². The molecule has 2 aromatic carbocycles. The zero-order valence-corrected chi connectivity index (χ0v) is 18.9. The van der Waals surface area contributed by atoms with E-state index >= 15 is 0 Å². The van der Waals surface area contributed by atoms with Crippen LogP contribution >= 0.6 is 0 Å². The quantitative estimate of drug-likeness (QED) is 0.457. The number of carbonyl (C=O) groups is 1. The summed E-state index contributed by atoms with van der Waals surface area (Å²) >= 11 is 0. The number of aromatic nitrogens is 4. The van der Waals surface area contributed by atoms with E-state index in [0.717, 1.165) is 28.1 Å². The first-order chi connectivity index (χ1) is 16.1. The van der Waals surface area contributed by atoms with Gasteiger partial charge in [0.25, 0.3) is 5.91 Å². The Morgan fingerprint density at radius 3 is 2.32 bits per heavy atom. The summed E-state index contributed by atoms with van der Waals surface area (Å²) < 4.78 is 52.1. The third kappa shape index (κ3) is 4.28. The molecule has 0 aliphatic carbocycles. The van der Waals surface area contributed by atoms with Gasteiger partial charge in [-0.3, -0.25) is 9.36 Å². The Morgan fingerprint density at radius 1 is 1.09 bits per heavy atom. The molecule has 1 N–H and O–H groups in total. The number of fused-ring (bicyclic) bond motifs is 1. The van der Waals surface area contributed by atoms with Gasteiger partial charge in [-0.05, 0) is 19.1 Å². The normalized spacial score (nSPS) is 11.6. The first-order valence-electron chi connectivity index (χ1n) is 10.2. The SMILES string of the molecule is COc1cc(-n2cnc3cc(-c4cnc(C)n4C)ccc32)cc(OC)c1C(=O)NCC(F)(F)F. The number of carbonyl (C=O) groups excluding carboxylic acids is 1. The summed E-state index contributed by atoms with van der Waals surface area (Å²) in [4.78, 5) is 21.3. The molecular formula is C23H22F3N5O3. The molecule has 8 nitrogen and oxygen atoms in total. The molecule has 2 heterocycles. The molecule has 11 heteroatoms. The molecule has 0 aliphatic heterocycles. The van der Waals surface area contributed by atoms with Gasteiger partial charge in [0.05, 0.1) is 42.8 Å². The number of aryl methyl sites for hydroxylation is 1. The Bertz CT molecular complexity index is 1350. The van der Waals surface area contributed by atoms with Crippen molar-refractivity contribution in [3.8, 4) is 28.4 Å². The summed E-state index contributed by atoms with van der Waals surface area (Å²) in [6.45, 7) is 0.454. The van der Waals surface area contributed by atoms with Crippen LogP contribution in [0.25, 0.3) is 28.0 Å². The zero-order valence-electron chi connectivity index (χ0n) is 18.9. The summed E-state index contributed by atoms with van der Waals surface area (Å²) in [7, 11) is 4.59. The average molecular weight is 473 g/mol. The highest BCUT2D eigenvalue weighted by Gasteiger charge is 2.30. The van der Waals surface area contributed by atoms with Crippen molar-refractivity contribution in [3.05, 3.63) is 54.2 Å². The van der Waals surface area contributed by atoms with Gasteiger partial charge in [0, 0.05) is 24.7 Å². The molecule has 0 radical (unpaired) electrons. The van der Waals surface area contributed by atoms with Gasteiger partial charge in [0.1, 0.15) is 35.8 Å². The Hall–Kier alpha value is -4.02. The molecule has 0 unspecified atom stereocenters. The molecule has 0 bridgehead atoms. The highest BCUT2D eigenvalue weighted by molar-refractivity contribution is 6.00. The zero-order chi connectivity index (χ0) is 24.6. The van der Waals surface area contributed by atoms with E-state index in [1.807, 2.05) is 42.1 Å². The number of methoxy groups -OCH3 is 2. The number of alkyl halides is 3. The molecule has 0 saturated heterocycles. The summed E-state index contributed by atoms with van der Waals surface area (Å²) in [5, 5.41) is 1.85. The number of hydrogen-bond acceptors (Lipinski definition) is 5. The lowest BCUT2D eigenvalue weighted by molar-refractivity contribution is -0.123. The van der Waals surface area contributed by atoms with Crippen molar-refractivity contribution in [2.45, 2.75) is 13.1 Å². The second-order valence-corrected chi connectivity index (χ2v) is 7.59.